The number of unbranched alkanes of at least 4 members (excludes halogenated alkanes) is 2. The summed E-state index contributed by atoms with van der Waals surface area (Å²) in [4.78, 5) is 0. The molecule has 0 bridgehead atoms. The smallest absolute Gasteiger partial charge is 0.00388 e. The molecule has 0 heterocycles. The Hall–Kier alpha value is 1.04. The van der Waals surface area contributed by atoms with Crippen LogP contribution in [0.3, 0.4) is 0 Å². The van der Waals surface area contributed by atoms with Crippen molar-refractivity contribution in [1.29, 1.82) is 0 Å². The molecule has 0 aromatic rings. The quantitative estimate of drug-likeness (QED) is 0.386. The Bertz CT molecular complexity index is 183. The van der Waals surface area contributed by atoms with Gasteiger partial charge < -0.3 is 5.73 Å². The molecule has 0 aromatic carbocycles. The minimum Gasteiger partial charge on any atom is -0.328 e. The largest absolute Gasteiger partial charge is 0.328 e. The van der Waals surface area contributed by atoms with Crippen molar-refractivity contribution in [3.63, 3.8) is 0 Å². The first-order chi connectivity index (χ1) is 8.83. The number of halogens is 1. The van der Waals surface area contributed by atoms with Crippen LogP contribution in [-0.4, -0.2) is 11.8 Å². The Morgan fingerprint density at radius 2 is 1.67 bits per heavy atom. The van der Waals surface area contributed by atoms with E-state index in [1.54, 1.807) is 0 Å². The minimum absolute atomic E-state index is 0.468. The van der Waals surface area contributed by atoms with Crippen molar-refractivity contribution >= 4 is 30.1 Å². The van der Waals surface area contributed by atoms with Crippen molar-refractivity contribution in [2.45, 2.75) is 83.1 Å². The lowest BCUT2D eigenvalue weighted by molar-refractivity contribution is 0.326. The molecule has 2 N–H and O–H groups in total. The van der Waals surface area contributed by atoms with Gasteiger partial charge >= 0.3 is 0 Å². The molecule has 1 nitrogen and oxygen atoms in total. The predicted octanol–water partition coefficient (Wildman–Crippen LogP) is 5.71. The highest BCUT2D eigenvalue weighted by atomic mass is 127. The highest BCUT2D eigenvalue weighted by molar-refractivity contribution is 14.2. The molecule has 1 aliphatic carbocycles. The molecule has 1 rings (SSSR count). The zero-order valence-electron chi connectivity index (χ0n) is 11.7. The third-order valence-electron chi connectivity index (χ3n) is 4.21. The Kier molecular flexibility index (Phi) is 11.2. The second kappa shape index (κ2) is 11.8. The molecule has 0 saturated heterocycles. The fourth-order valence-electron chi connectivity index (χ4n) is 3.02. The lowest BCUT2D eigenvalue weighted by Crippen LogP contribution is -2.19. The van der Waals surface area contributed by atoms with Crippen molar-refractivity contribution in [3.05, 3.63) is 0 Å². The Balaban J connectivity index is 1.86. The minimum atomic E-state index is 0.468. The average molecular weight is 383 g/mol. The summed E-state index contributed by atoms with van der Waals surface area (Å²) in [6.45, 7) is 0. The topological polar surface area (TPSA) is 26.0 Å². The average Bonchev–Trinajstić information content (AvgIpc) is 2.41. The van der Waals surface area contributed by atoms with E-state index in [1.165, 1.54) is 82.8 Å². The molecular formula is C15H30INS. The molecule has 0 aliphatic heterocycles. The van der Waals surface area contributed by atoms with Crippen LogP contribution in [0.1, 0.15) is 77.0 Å². The van der Waals surface area contributed by atoms with E-state index in [4.69, 9.17) is 5.73 Å². The van der Waals surface area contributed by atoms with Crippen molar-refractivity contribution < 1.29 is 0 Å². The van der Waals surface area contributed by atoms with Gasteiger partial charge in [0.15, 0.2) is 0 Å². The number of nitrogens with two attached hydrogens (primary N) is 1. The Labute approximate surface area is 130 Å². The van der Waals surface area contributed by atoms with Crippen LogP contribution < -0.4 is 5.73 Å². The van der Waals surface area contributed by atoms with Gasteiger partial charge in [-0.15, -0.1) is 0 Å². The summed E-state index contributed by atoms with van der Waals surface area (Å²) in [5, 5.41) is 0. The van der Waals surface area contributed by atoms with Crippen molar-refractivity contribution in [2.75, 3.05) is 5.75 Å². The molecule has 0 amide bonds. The van der Waals surface area contributed by atoms with Crippen LogP contribution in [-0.2, 0) is 0 Å². The first-order valence-corrected chi connectivity index (χ1v) is 11.3. The zero-order chi connectivity index (χ0) is 13.1. The van der Waals surface area contributed by atoms with Gasteiger partial charge in [-0.1, -0.05) is 66.7 Å². The van der Waals surface area contributed by atoms with E-state index in [9.17, 15) is 0 Å². The summed E-state index contributed by atoms with van der Waals surface area (Å²) in [6, 6.07) is 0.468. The third kappa shape index (κ3) is 9.03. The van der Waals surface area contributed by atoms with Crippen LogP contribution >= 0.6 is 30.1 Å². The molecule has 0 aromatic heterocycles. The Morgan fingerprint density at radius 3 is 2.33 bits per heavy atom. The van der Waals surface area contributed by atoms with Crippen molar-refractivity contribution in [3.8, 4) is 0 Å². The van der Waals surface area contributed by atoms with Crippen molar-refractivity contribution in [1.82, 2.24) is 0 Å². The van der Waals surface area contributed by atoms with Gasteiger partial charge in [0.05, 0.1) is 0 Å². The standard InChI is InChI=1S/C15H30INS/c16-18-13-7-6-12-15(17)11-5-4-10-14-8-2-1-3-9-14/h14-15H,1-13,17H2. The molecule has 1 aliphatic rings. The molecule has 18 heavy (non-hydrogen) atoms. The molecule has 3 heteroatoms. The summed E-state index contributed by atoms with van der Waals surface area (Å²) in [7, 11) is 1.92. The maximum atomic E-state index is 6.17. The second-order valence-electron chi connectivity index (χ2n) is 5.86. The molecule has 1 saturated carbocycles. The van der Waals surface area contributed by atoms with E-state index in [-0.39, 0.29) is 0 Å². The Morgan fingerprint density at radius 1 is 1.00 bits per heavy atom. The molecule has 0 radical (unpaired) electrons. The maximum Gasteiger partial charge on any atom is 0.00388 e. The third-order valence-corrected chi connectivity index (χ3v) is 5.97. The summed E-state index contributed by atoms with van der Waals surface area (Å²) in [5.74, 6) is 2.34. The molecule has 1 atom stereocenters. The van der Waals surface area contributed by atoms with Gasteiger partial charge in [-0.25, -0.2) is 0 Å². The number of rotatable bonds is 10. The van der Waals surface area contributed by atoms with E-state index >= 15 is 0 Å². The fourth-order valence-corrected chi connectivity index (χ4v) is 4.27. The first kappa shape index (κ1) is 17.1. The molecular weight excluding hydrogens is 353 g/mol. The normalized spacial score (nSPS) is 19.0. The van der Waals surface area contributed by atoms with Crippen LogP contribution in [0.15, 0.2) is 0 Å². The van der Waals surface area contributed by atoms with Crippen LogP contribution in [0.5, 0.6) is 0 Å². The van der Waals surface area contributed by atoms with E-state index in [0.29, 0.717) is 6.04 Å². The number of hydrogen-bond acceptors (Lipinski definition) is 2. The summed E-state index contributed by atoms with van der Waals surface area (Å²) >= 11 is 2.38. The second-order valence-corrected chi connectivity index (χ2v) is 8.35. The van der Waals surface area contributed by atoms with Crippen LogP contribution in [0.2, 0.25) is 0 Å². The maximum absolute atomic E-state index is 6.17. The van der Waals surface area contributed by atoms with E-state index < -0.39 is 0 Å². The van der Waals surface area contributed by atoms with Gasteiger partial charge in [-0.3, -0.25) is 0 Å². The van der Waals surface area contributed by atoms with Crippen molar-refractivity contribution in [2.24, 2.45) is 11.7 Å². The summed E-state index contributed by atoms with van der Waals surface area (Å²) < 4.78 is 0. The van der Waals surface area contributed by atoms with Crippen LogP contribution in [0, 0.1) is 5.92 Å². The van der Waals surface area contributed by atoms with Gasteiger partial charge in [-0.05, 0) is 46.4 Å². The van der Waals surface area contributed by atoms with Gasteiger partial charge in [0.2, 0.25) is 0 Å². The van der Waals surface area contributed by atoms with E-state index in [2.05, 4.69) is 21.2 Å². The SMILES string of the molecule is NC(CCCCSI)CCCCC1CCCCC1. The summed E-state index contributed by atoms with van der Waals surface area (Å²) in [5.41, 5.74) is 6.17. The highest BCUT2D eigenvalue weighted by Crippen LogP contribution is 2.28. The first-order valence-electron chi connectivity index (χ1n) is 7.82. The lowest BCUT2D eigenvalue weighted by atomic mass is 9.85. The van der Waals surface area contributed by atoms with E-state index in [1.807, 2.05) is 8.93 Å². The molecule has 0 spiro atoms. The monoisotopic (exact) mass is 383 g/mol. The van der Waals surface area contributed by atoms with Gasteiger partial charge in [0.1, 0.15) is 0 Å². The highest BCUT2D eigenvalue weighted by Gasteiger charge is 2.12. The van der Waals surface area contributed by atoms with Gasteiger partial charge in [0.25, 0.3) is 0 Å². The zero-order valence-corrected chi connectivity index (χ0v) is 14.7. The molecule has 1 fully saturated rings. The summed E-state index contributed by atoms with van der Waals surface area (Å²) in [6.07, 6.45) is 16.8. The molecule has 1 unspecified atom stereocenters. The van der Waals surface area contributed by atoms with Crippen LogP contribution in [0.4, 0.5) is 0 Å². The predicted molar refractivity (Wildman–Crippen MR) is 93.3 cm³/mol. The fraction of sp³-hybridized carbons (Fsp3) is 1.00. The van der Waals surface area contributed by atoms with Crippen LogP contribution in [0.25, 0.3) is 0 Å². The van der Waals surface area contributed by atoms with Gasteiger partial charge in [0, 0.05) is 11.8 Å². The lowest BCUT2D eigenvalue weighted by Gasteiger charge is -2.21. The molecule has 108 valence electrons. The van der Waals surface area contributed by atoms with Gasteiger partial charge in [-0.2, -0.15) is 0 Å². The number of hydrogen-bond donors (Lipinski definition) is 1. The van der Waals surface area contributed by atoms with E-state index in [0.717, 1.165) is 5.92 Å².